The molecule has 1 atom stereocenters. The van der Waals surface area contributed by atoms with Crippen LogP contribution < -0.4 is 4.90 Å². The molecule has 0 fully saturated rings. The summed E-state index contributed by atoms with van der Waals surface area (Å²) >= 11 is 1.83. The molecule has 1 aromatic heterocycles. The minimum absolute atomic E-state index is 0.528. The van der Waals surface area contributed by atoms with Gasteiger partial charge in [0.2, 0.25) is 0 Å². The van der Waals surface area contributed by atoms with Gasteiger partial charge in [0.25, 0.3) is 0 Å². The van der Waals surface area contributed by atoms with E-state index in [0.717, 1.165) is 13.1 Å². The molecule has 0 saturated carbocycles. The van der Waals surface area contributed by atoms with Crippen LogP contribution in [0.2, 0.25) is 0 Å². The molecular weight excluding hydrogens is 252 g/mol. The zero-order valence-electron chi connectivity index (χ0n) is 11.9. The van der Waals surface area contributed by atoms with Crippen LogP contribution in [0.3, 0.4) is 0 Å². The van der Waals surface area contributed by atoms with E-state index in [-0.39, 0.29) is 0 Å². The molecule has 0 saturated heterocycles. The third kappa shape index (κ3) is 4.08. The summed E-state index contributed by atoms with van der Waals surface area (Å²) in [7, 11) is 4.28. The number of nitrogens with zero attached hydrogens (tertiary/aromatic N) is 2. The minimum atomic E-state index is 0.528. The molecule has 2 aromatic rings. The first-order chi connectivity index (χ1) is 9.16. The molecule has 1 aromatic carbocycles. The molecule has 0 aliphatic carbocycles. The lowest BCUT2D eigenvalue weighted by atomic mass is 10.2. The maximum atomic E-state index is 2.45. The molecule has 102 valence electrons. The Kier molecular flexibility index (Phi) is 5.00. The molecular formula is C16H22N2S. The number of rotatable bonds is 6. The summed E-state index contributed by atoms with van der Waals surface area (Å²) in [6.45, 7) is 4.29. The van der Waals surface area contributed by atoms with Crippen LogP contribution in [0, 0.1) is 0 Å². The van der Waals surface area contributed by atoms with Crippen molar-refractivity contribution in [3.8, 4) is 0 Å². The highest BCUT2D eigenvalue weighted by molar-refractivity contribution is 7.09. The molecule has 0 radical (unpaired) electrons. The summed E-state index contributed by atoms with van der Waals surface area (Å²) in [5.41, 5.74) is 1.30. The van der Waals surface area contributed by atoms with Gasteiger partial charge in [-0.2, -0.15) is 0 Å². The first-order valence-corrected chi connectivity index (χ1v) is 7.53. The maximum Gasteiger partial charge on any atom is 0.0523 e. The van der Waals surface area contributed by atoms with E-state index in [2.05, 4.69) is 78.7 Å². The zero-order chi connectivity index (χ0) is 13.7. The number of para-hydroxylation sites is 1. The molecule has 0 amide bonds. The van der Waals surface area contributed by atoms with Gasteiger partial charge in [0, 0.05) is 23.2 Å². The van der Waals surface area contributed by atoms with E-state index in [1.807, 2.05) is 11.3 Å². The van der Waals surface area contributed by atoms with Crippen LogP contribution in [-0.4, -0.2) is 31.6 Å². The van der Waals surface area contributed by atoms with E-state index in [4.69, 9.17) is 0 Å². The third-order valence-electron chi connectivity index (χ3n) is 3.41. The summed E-state index contributed by atoms with van der Waals surface area (Å²) in [5.74, 6) is 0. The predicted molar refractivity (Wildman–Crippen MR) is 85.0 cm³/mol. The number of hydrogen-bond acceptors (Lipinski definition) is 3. The first kappa shape index (κ1) is 14.1. The Hall–Kier alpha value is -1.32. The maximum absolute atomic E-state index is 2.45. The second kappa shape index (κ2) is 6.73. The van der Waals surface area contributed by atoms with Crippen LogP contribution in [0.5, 0.6) is 0 Å². The highest BCUT2D eigenvalue weighted by Gasteiger charge is 2.13. The monoisotopic (exact) mass is 274 g/mol. The van der Waals surface area contributed by atoms with Gasteiger partial charge in [0.05, 0.1) is 6.54 Å². The highest BCUT2D eigenvalue weighted by atomic mass is 32.1. The van der Waals surface area contributed by atoms with Crippen LogP contribution in [0.25, 0.3) is 0 Å². The van der Waals surface area contributed by atoms with Crippen molar-refractivity contribution in [1.29, 1.82) is 0 Å². The number of likely N-dealkylation sites (N-methyl/N-ethyl adjacent to an activating group) is 1. The Labute approximate surface area is 120 Å². The Morgan fingerprint density at radius 2 is 1.79 bits per heavy atom. The zero-order valence-corrected chi connectivity index (χ0v) is 12.7. The van der Waals surface area contributed by atoms with E-state index in [0.29, 0.717) is 6.04 Å². The first-order valence-electron chi connectivity index (χ1n) is 6.65. The summed E-state index contributed by atoms with van der Waals surface area (Å²) in [6, 6.07) is 15.5. The van der Waals surface area contributed by atoms with Crippen molar-refractivity contribution in [1.82, 2.24) is 4.90 Å². The van der Waals surface area contributed by atoms with Gasteiger partial charge < -0.3 is 9.80 Å². The Balaban J connectivity index is 2.13. The fourth-order valence-electron chi connectivity index (χ4n) is 1.97. The number of anilines is 1. The van der Waals surface area contributed by atoms with E-state index < -0.39 is 0 Å². The summed E-state index contributed by atoms with van der Waals surface area (Å²) in [5, 5.41) is 2.15. The van der Waals surface area contributed by atoms with E-state index >= 15 is 0 Å². The molecule has 1 heterocycles. The second-order valence-electron chi connectivity index (χ2n) is 5.11. The number of hydrogen-bond donors (Lipinski definition) is 0. The van der Waals surface area contributed by atoms with Gasteiger partial charge in [0.15, 0.2) is 0 Å². The summed E-state index contributed by atoms with van der Waals surface area (Å²) in [4.78, 5) is 6.13. The minimum Gasteiger partial charge on any atom is -0.365 e. The Bertz CT molecular complexity index is 465. The van der Waals surface area contributed by atoms with Crippen LogP contribution >= 0.6 is 11.3 Å². The van der Waals surface area contributed by atoms with Gasteiger partial charge in [-0.15, -0.1) is 11.3 Å². The van der Waals surface area contributed by atoms with Gasteiger partial charge in [-0.1, -0.05) is 24.3 Å². The van der Waals surface area contributed by atoms with Crippen molar-refractivity contribution in [2.24, 2.45) is 0 Å². The Morgan fingerprint density at radius 3 is 2.37 bits per heavy atom. The largest absolute Gasteiger partial charge is 0.365 e. The Morgan fingerprint density at radius 1 is 1.05 bits per heavy atom. The van der Waals surface area contributed by atoms with Gasteiger partial charge in [-0.3, -0.25) is 0 Å². The molecule has 0 aliphatic rings. The predicted octanol–water partition coefficient (Wildman–Crippen LogP) is 3.70. The van der Waals surface area contributed by atoms with Crippen molar-refractivity contribution in [2.45, 2.75) is 19.5 Å². The van der Waals surface area contributed by atoms with Crippen molar-refractivity contribution in [2.75, 3.05) is 25.5 Å². The third-order valence-corrected chi connectivity index (χ3v) is 4.28. The lowest BCUT2D eigenvalue weighted by Crippen LogP contribution is -2.38. The molecule has 0 aliphatic heterocycles. The molecule has 2 nitrogen and oxygen atoms in total. The topological polar surface area (TPSA) is 6.48 Å². The van der Waals surface area contributed by atoms with Gasteiger partial charge >= 0.3 is 0 Å². The average molecular weight is 274 g/mol. The molecule has 0 spiro atoms. The van der Waals surface area contributed by atoms with Crippen LogP contribution in [-0.2, 0) is 6.54 Å². The summed E-state index contributed by atoms with van der Waals surface area (Å²) < 4.78 is 0. The smallest absolute Gasteiger partial charge is 0.0523 e. The number of thiophene rings is 1. The van der Waals surface area contributed by atoms with E-state index in [1.54, 1.807) is 0 Å². The second-order valence-corrected chi connectivity index (χ2v) is 6.14. The van der Waals surface area contributed by atoms with Crippen LogP contribution in [0.1, 0.15) is 11.8 Å². The van der Waals surface area contributed by atoms with E-state index in [9.17, 15) is 0 Å². The molecule has 3 heteroatoms. The average Bonchev–Trinajstić information content (AvgIpc) is 2.91. The van der Waals surface area contributed by atoms with Crippen molar-refractivity contribution >= 4 is 17.0 Å². The molecule has 0 N–H and O–H groups in total. The van der Waals surface area contributed by atoms with Crippen molar-refractivity contribution < 1.29 is 0 Å². The quantitative estimate of drug-likeness (QED) is 0.792. The SMILES string of the molecule is CC(CN(Cc1cccs1)c1ccccc1)N(C)C. The van der Waals surface area contributed by atoms with E-state index in [1.165, 1.54) is 10.6 Å². The molecule has 1 unspecified atom stereocenters. The fourth-order valence-corrected chi connectivity index (χ4v) is 2.69. The summed E-state index contributed by atoms with van der Waals surface area (Å²) in [6.07, 6.45) is 0. The van der Waals surface area contributed by atoms with Crippen molar-refractivity contribution in [3.05, 3.63) is 52.7 Å². The molecule has 2 rings (SSSR count). The molecule has 19 heavy (non-hydrogen) atoms. The molecule has 0 bridgehead atoms. The lowest BCUT2D eigenvalue weighted by molar-refractivity contribution is 0.314. The standard InChI is InChI=1S/C16H22N2S/c1-14(17(2)3)12-18(13-16-10-7-11-19-16)15-8-5-4-6-9-15/h4-11,14H,12-13H2,1-3H3. The lowest BCUT2D eigenvalue weighted by Gasteiger charge is -2.30. The van der Waals surface area contributed by atoms with Gasteiger partial charge in [-0.05, 0) is 44.6 Å². The van der Waals surface area contributed by atoms with Crippen molar-refractivity contribution in [3.63, 3.8) is 0 Å². The van der Waals surface area contributed by atoms with Crippen LogP contribution in [0.15, 0.2) is 47.8 Å². The van der Waals surface area contributed by atoms with Crippen LogP contribution in [0.4, 0.5) is 5.69 Å². The van der Waals surface area contributed by atoms with Gasteiger partial charge in [-0.25, -0.2) is 0 Å². The highest BCUT2D eigenvalue weighted by Crippen LogP contribution is 2.20. The van der Waals surface area contributed by atoms with Gasteiger partial charge in [0.1, 0.15) is 0 Å². The number of benzene rings is 1. The fraction of sp³-hybridized carbons (Fsp3) is 0.375. The normalized spacial score (nSPS) is 12.6.